The molecule has 33 heavy (non-hydrogen) atoms. The molecule has 0 aromatic heterocycles. The molecule has 1 unspecified atom stereocenters. The summed E-state index contributed by atoms with van der Waals surface area (Å²) in [5.74, 6) is -0.763. The molecule has 0 bridgehead atoms. The Morgan fingerprint density at radius 2 is 1.79 bits per heavy atom. The van der Waals surface area contributed by atoms with Crippen LogP contribution in [0.5, 0.6) is 0 Å². The van der Waals surface area contributed by atoms with Crippen molar-refractivity contribution in [3.8, 4) is 0 Å². The van der Waals surface area contributed by atoms with Crippen molar-refractivity contribution in [2.75, 3.05) is 42.6 Å². The number of halogens is 2. The Kier molecular flexibility index (Phi) is 6.96. The number of nitrogens with zero attached hydrogens (tertiary/aromatic N) is 3. The number of urea groups is 1. The Bertz CT molecular complexity index is 1000. The first-order chi connectivity index (χ1) is 16.0. The minimum atomic E-state index is -0.462. The van der Waals surface area contributed by atoms with E-state index in [-0.39, 0.29) is 17.9 Å². The zero-order chi connectivity index (χ0) is 23.4. The molecule has 0 spiro atoms. The summed E-state index contributed by atoms with van der Waals surface area (Å²) < 4.78 is 32.6. The summed E-state index contributed by atoms with van der Waals surface area (Å²) in [5.41, 5.74) is 1.87. The van der Waals surface area contributed by atoms with E-state index in [2.05, 4.69) is 5.32 Å². The van der Waals surface area contributed by atoms with Crippen molar-refractivity contribution in [3.05, 3.63) is 54.1 Å². The SMILES string of the molecule is CCCCOC(=O)NC1CCN(C(=O)N2CCN(c3ccc(F)cc3)c3cc(F)ccc32)C1. The summed E-state index contributed by atoms with van der Waals surface area (Å²) in [7, 11) is 0. The number of likely N-dealkylation sites (tertiary alicyclic amines) is 1. The normalized spacial score (nSPS) is 17.7. The van der Waals surface area contributed by atoms with E-state index >= 15 is 0 Å². The molecule has 2 aliphatic rings. The molecule has 2 aromatic rings. The van der Waals surface area contributed by atoms with E-state index < -0.39 is 11.9 Å². The number of ether oxygens (including phenoxy) is 1. The number of rotatable bonds is 5. The highest BCUT2D eigenvalue weighted by Gasteiger charge is 2.34. The van der Waals surface area contributed by atoms with Crippen LogP contribution in [0.4, 0.5) is 35.4 Å². The average molecular weight is 459 g/mol. The number of amides is 3. The molecule has 4 rings (SSSR count). The number of unbranched alkanes of at least 4 members (excludes halogenated alkanes) is 1. The number of hydrogen-bond acceptors (Lipinski definition) is 4. The molecule has 2 heterocycles. The predicted molar refractivity (Wildman–Crippen MR) is 122 cm³/mol. The molecule has 1 N–H and O–H groups in total. The van der Waals surface area contributed by atoms with Crippen LogP contribution in [0.2, 0.25) is 0 Å². The van der Waals surface area contributed by atoms with Crippen LogP contribution in [0.1, 0.15) is 26.2 Å². The molecule has 1 saturated heterocycles. The topological polar surface area (TPSA) is 65.1 Å². The summed E-state index contributed by atoms with van der Waals surface area (Å²) in [6.07, 6.45) is 1.93. The summed E-state index contributed by atoms with van der Waals surface area (Å²) >= 11 is 0. The molecule has 176 valence electrons. The third-order valence-electron chi connectivity index (χ3n) is 5.95. The summed E-state index contributed by atoms with van der Waals surface area (Å²) in [6.45, 7) is 4.12. The average Bonchev–Trinajstić information content (AvgIpc) is 3.27. The lowest BCUT2D eigenvalue weighted by Crippen LogP contribution is -2.49. The van der Waals surface area contributed by atoms with Crippen LogP contribution in [-0.4, -0.2) is 55.9 Å². The quantitative estimate of drug-likeness (QED) is 0.663. The van der Waals surface area contributed by atoms with Crippen LogP contribution < -0.4 is 15.1 Å². The van der Waals surface area contributed by atoms with Crippen molar-refractivity contribution in [2.45, 2.75) is 32.2 Å². The molecule has 1 atom stereocenters. The Morgan fingerprint density at radius 1 is 1.03 bits per heavy atom. The molecule has 0 aliphatic carbocycles. The van der Waals surface area contributed by atoms with Gasteiger partial charge in [0.15, 0.2) is 0 Å². The largest absolute Gasteiger partial charge is 0.450 e. The second-order valence-corrected chi connectivity index (χ2v) is 8.26. The summed E-state index contributed by atoms with van der Waals surface area (Å²) in [6, 6.07) is 9.94. The van der Waals surface area contributed by atoms with Gasteiger partial charge in [0.1, 0.15) is 11.6 Å². The number of carbonyl (C=O) groups excluding carboxylic acids is 2. The molecule has 2 aromatic carbocycles. The van der Waals surface area contributed by atoms with Crippen LogP contribution >= 0.6 is 0 Å². The van der Waals surface area contributed by atoms with Crippen molar-refractivity contribution >= 4 is 29.2 Å². The standard InChI is InChI=1S/C24H28F2N4O3/c1-2-3-14-33-23(31)27-19-10-11-28(16-19)24(32)30-13-12-29(20-7-4-17(25)5-8-20)22-15-18(26)6-9-21(22)30/h4-9,15,19H,2-3,10-14,16H2,1H3,(H,27,31). The van der Waals surface area contributed by atoms with Gasteiger partial charge in [-0.3, -0.25) is 4.90 Å². The highest BCUT2D eigenvalue weighted by Crippen LogP contribution is 2.39. The first kappa shape index (κ1) is 22.8. The van der Waals surface area contributed by atoms with Gasteiger partial charge in [-0.2, -0.15) is 0 Å². The minimum Gasteiger partial charge on any atom is -0.450 e. The molecule has 7 nitrogen and oxygen atoms in total. The van der Waals surface area contributed by atoms with E-state index in [0.29, 0.717) is 50.6 Å². The fourth-order valence-electron chi connectivity index (χ4n) is 4.21. The number of fused-ring (bicyclic) bond motifs is 1. The Balaban J connectivity index is 1.45. The minimum absolute atomic E-state index is 0.170. The fourth-order valence-corrected chi connectivity index (χ4v) is 4.21. The maximum atomic E-state index is 14.1. The van der Waals surface area contributed by atoms with E-state index in [4.69, 9.17) is 4.74 Å². The lowest BCUT2D eigenvalue weighted by atomic mass is 10.1. The van der Waals surface area contributed by atoms with Crippen LogP contribution in [0, 0.1) is 11.6 Å². The molecule has 0 saturated carbocycles. The summed E-state index contributed by atoms with van der Waals surface area (Å²) in [5, 5.41) is 2.82. The van der Waals surface area contributed by atoms with Crippen molar-refractivity contribution in [3.63, 3.8) is 0 Å². The maximum absolute atomic E-state index is 14.1. The zero-order valence-corrected chi connectivity index (χ0v) is 18.6. The van der Waals surface area contributed by atoms with Gasteiger partial charge in [-0.1, -0.05) is 13.3 Å². The highest BCUT2D eigenvalue weighted by atomic mass is 19.1. The summed E-state index contributed by atoms with van der Waals surface area (Å²) in [4.78, 5) is 30.5. The first-order valence-electron chi connectivity index (χ1n) is 11.3. The van der Waals surface area contributed by atoms with Gasteiger partial charge in [-0.15, -0.1) is 0 Å². The molecule has 9 heteroatoms. The Morgan fingerprint density at radius 3 is 2.55 bits per heavy atom. The van der Waals surface area contributed by atoms with E-state index in [1.165, 1.54) is 24.3 Å². The number of nitrogens with one attached hydrogen (secondary N) is 1. The molecular formula is C24H28F2N4O3. The van der Waals surface area contributed by atoms with Crippen molar-refractivity contribution in [1.82, 2.24) is 10.2 Å². The van der Waals surface area contributed by atoms with Crippen LogP contribution in [-0.2, 0) is 4.74 Å². The van der Waals surface area contributed by atoms with E-state index in [0.717, 1.165) is 18.5 Å². The van der Waals surface area contributed by atoms with E-state index in [1.807, 2.05) is 11.8 Å². The monoisotopic (exact) mass is 458 g/mol. The lowest BCUT2D eigenvalue weighted by Gasteiger charge is -2.39. The smallest absolute Gasteiger partial charge is 0.407 e. The zero-order valence-electron chi connectivity index (χ0n) is 18.6. The third kappa shape index (κ3) is 5.18. The molecule has 3 amide bonds. The number of anilines is 3. The van der Waals surface area contributed by atoms with Crippen LogP contribution in [0.3, 0.4) is 0 Å². The van der Waals surface area contributed by atoms with Gasteiger partial charge in [0.25, 0.3) is 0 Å². The van der Waals surface area contributed by atoms with Crippen molar-refractivity contribution in [1.29, 1.82) is 0 Å². The van der Waals surface area contributed by atoms with Crippen LogP contribution in [0.15, 0.2) is 42.5 Å². The van der Waals surface area contributed by atoms with Gasteiger partial charge in [0.05, 0.1) is 24.0 Å². The van der Waals surface area contributed by atoms with Gasteiger partial charge in [-0.25, -0.2) is 18.4 Å². The number of benzene rings is 2. The van der Waals surface area contributed by atoms with E-state index in [1.54, 1.807) is 28.0 Å². The van der Waals surface area contributed by atoms with Gasteiger partial charge in [0, 0.05) is 31.9 Å². The highest BCUT2D eigenvalue weighted by molar-refractivity contribution is 5.98. The number of carbonyl (C=O) groups is 2. The third-order valence-corrected chi connectivity index (χ3v) is 5.95. The van der Waals surface area contributed by atoms with Gasteiger partial charge >= 0.3 is 12.1 Å². The molecule has 2 aliphatic heterocycles. The lowest BCUT2D eigenvalue weighted by molar-refractivity contribution is 0.140. The Hall–Kier alpha value is -3.36. The number of hydrogen-bond donors (Lipinski definition) is 1. The molecular weight excluding hydrogens is 430 g/mol. The van der Waals surface area contributed by atoms with Crippen molar-refractivity contribution in [2.24, 2.45) is 0 Å². The number of alkyl carbamates (subject to hydrolysis) is 1. The Labute approximate surface area is 191 Å². The second-order valence-electron chi connectivity index (χ2n) is 8.26. The maximum Gasteiger partial charge on any atom is 0.407 e. The van der Waals surface area contributed by atoms with E-state index in [9.17, 15) is 18.4 Å². The van der Waals surface area contributed by atoms with Crippen molar-refractivity contribution < 1.29 is 23.1 Å². The molecule has 1 fully saturated rings. The van der Waals surface area contributed by atoms with Gasteiger partial charge in [0.2, 0.25) is 0 Å². The molecule has 0 radical (unpaired) electrons. The van der Waals surface area contributed by atoms with Gasteiger partial charge < -0.3 is 19.9 Å². The van der Waals surface area contributed by atoms with Gasteiger partial charge in [-0.05, 0) is 55.3 Å². The predicted octanol–water partition coefficient (Wildman–Crippen LogP) is 4.64. The second kappa shape index (κ2) is 10.1. The fraction of sp³-hybridized carbons (Fsp3) is 0.417. The first-order valence-corrected chi connectivity index (χ1v) is 11.3. The van der Waals surface area contributed by atoms with Crippen LogP contribution in [0.25, 0.3) is 0 Å².